The van der Waals surface area contributed by atoms with Gasteiger partial charge in [0.2, 0.25) is 0 Å². The van der Waals surface area contributed by atoms with E-state index >= 15 is 0 Å². The maximum atomic E-state index is 9.01. The molecule has 4 heteroatoms. The largest absolute Gasteiger partial charge is 0.396 e. The predicted octanol–water partition coefficient (Wildman–Crippen LogP) is 4.19. The molecule has 0 radical (unpaired) electrons. The van der Waals surface area contributed by atoms with Crippen LogP contribution in [0.5, 0.6) is 0 Å². The van der Waals surface area contributed by atoms with Gasteiger partial charge in [0.15, 0.2) is 0 Å². The minimum Gasteiger partial charge on any atom is -0.396 e. The van der Waals surface area contributed by atoms with E-state index in [4.69, 9.17) is 19.3 Å². The summed E-state index contributed by atoms with van der Waals surface area (Å²) in [4.78, 5) is 0. The predicted molar refractivity (Wildman–Crippen MR) is 98.3 cm³/mol. The number of rotatable bonds is 11. The quantitative estimate of drug-likeness (QED) is 0.571. The standard InChI is InChI=1S/C20H40O4/c1-17(2,3)20(14-22-15-20)16-24-18(4,5)10-8-9-13-23-19(6,7)11-12-21/h21H,8-16H2,1-7H3. The lowest BCUT2D eigenvalue weighted by molar-refractivity contribution is -0.218. The van der Waals surface area contributed by atoms with E-state index < -0.39 is 0 Å². The van der Waals surface area contributed by atoms with E-state index in [1.807, 2.05) is 13.8 Å². The lowest BCUT2D eigenvalue weighted by Gasteiger charge is -2.51. The van der Waals surface area contributed by atoms with E-state index in [1.54, 1.807) is 0 Å². The monoisotopic (exact) mass is 344 g/mol. The van der Waals surface area contributed by atoms with Gasteiger partial charge < -0.3 is 19.3 Å². The van der Waals surface area contributed by atoms with E-state index in [0.717, 1.165) is 45.7 Å². The van der Waals surface area contributed by atoms with E-state index in [0.29, 0.717) is 6.42 Å². The molecule has 0 unspecified atom stereocenters. The molecule has 0 aromatic rings. The van der Waals surface area contributed by atoms with Gasteiger partial charge in [0.25, 0.3) is 0 Å². The fourth-order valence-electron chi connectivity index (χ4n) is 2.83. The number of aliphatic hydroxyl groups is 1. The lowest BCUT2D eigenvalue weighted by Crippen LogP contribution is -2.56. The fourth-order valence-corrected chi connectivity index (χ4v) is 2.83. The fraction of sp³-hybridized carbons (Fsp3) is 1.00. The number of hydrogen-bond acceptors (Lipinski definition) is 4. The summed E-state index contributed by atoms with van der Waals surface area (Å²) < 4.78 is 17.6. The van der Waals surface area contributed by atoms with Crippen molar-refractivity contribution >= 4 is 0 Å². The van der Waals surface area contributed by atoms with Crippen LogP contribution in [-0.2, 0) is 14.2 Å². The summed E-state index contributed by atoms with van der Waals surface area (Å²) in [6, 6.07) is 0. The van der Waals surface area contributed by atoms with Gasteiger partial charge in [-0.15, -0.1) is 0 Å². The van der Waals surface area contributed by atoms with Gasteiger partial charge in [-0.3, -0.25) is 0 Å². The van der Waals surface area contributed by atoms with Crippen LogP contribution in [-0.4, -0.2) is 49.3 Å². The molecule has 1 aliphatic heterocycles. The molecule has 1 fully saturated rings. The maximum absolute atomic E-state index is 9.01. The summed E-state index contributed by atoms with van der Waals surface area (Å²) in [6.07, 6.45) is 3.81. The normalized spacial score (nSPS) is 18.5. The van der Waals surface area contributed by atoms with Crippen LogP contribution in [0.15, 0.2) is 0 Å². The van der Waals surface area contributed by atoms with Crippen molar-refractivity contribution in [2.75, 3.05) is 33.0 Å². The van der Waals surface area contributed by atoms with Gasteiger partial charge in [-0.1, -0.05) is 20.8 Å². The Morgan fingerprint density at radius 2 is 1.46 bits per heavy atom. The maximum Gasteiger partial charge on any atom is 0.0648 e. The first kappa shape index (κ1) is 21.9. The second-order valence-electron chi connectivity index (χ2n) is 9.61. The smallest absolute Gasteiger partial charge is 0.0648 e. The molecule has 4 nitrogen and oxygen atoms in total. The van der Waals surface area contributed by atoms with E-state index in [1.165, 1.54) is 0 Å². The van der Waals surface area contributed by atoms with Crippen molar-refractivity contribution in [1.82, 2.24) is 0 Å². The average Bonchev–Trinajstić information content (AvgIpc) is 2.34. The SMILES string of the molecule is CC(C)(CCO)OCCCCC(C)(C)OCC1(C(C)(C)C)COC1. The first-order valence-corrected chi connectivity index (χ1v) is 9.40. The van der Waals surface area contributed by atoms with Gasteiger partial charge in [0.1, 0.15) is 0 Å². The number of unbranched alkanes of at least 4 members (excludes halogenated alkanes) is 1. The molecule has 0 bridgehead atoms. The Balaban J connectivity index is 2.27. The second kappa shape index (κ2) is 8.48. The van der Waals surface area contributed by atoms with Crippen LogP contribution in [0.25, 0.3) is 0 Å². The highest BCUT2D eigenvalue weighted by Crippen LogP contribution is 2.45. The first-order chi connectivity index (χ1) is 10.9. The summed E-state index contributed by atoms with van der Waals surface area (Å²) in [5.41, 5.74) is 0.00764. The summed E-state index contributed by atoms with van der Waals surface area (Å²) in [7, 11) is 0. The molecule has 0 amide bonds. The number of aliphatic hydroxyl groups excluding tert-OH is 1. The molecular formula is C20H40O4. The Morgan fingerprint density at radius 3 is 1.92 bits per heavy atom. The summed E-state index contributed by atoms with van der Waals surface area (Å²) in [5, 5.41) is 9.01. The number of ether oxygens (including phenoxy) is 3. The molecule has 144 valence electrons. The molecule has 0 aliphatic carbocycles. The van der Waals surface area contributed by atoms with Gasteiger partial charge in [-0.05, 0) is 58.8 Å². The zero-order valence-electron chi connectivity index (χ0n) is 17.0. The van der Waals surface area contributed by atoms with Gasteiger partial charge in [0, 0.05) is 18.6 Å². The Morgan fingerprint density at radius 1 is 0.875 bits per heavy atom. The second-order valence-corrected chi connectivity index (χ2v) is 9.61. The Bertz CT molecular complexity index is 364. The third-order valence-corrected chi connectivity index (χ3v) is 5.47. The molecule has 24 heavy (non-hydrogen) atoms. The van der Waals surface area contributed by atoms with Crippen LogP contribution in [0.3, 0.4) is 0 Å². The molecule has 0 aromatic carbocycles. The first-order valence-electron chi connectivity index (χ1n) is 9.40. The summed E-state index contributed by atoms with van der Waals surface area (Å²) in [6.45, 7) is 18.5. The van der Waals surface area contributed by atoms with Crippen molar-refractivity contribution < 1.29 is 19.3 Å². The lowest BCUT2D eigenvalue weighted by atomic mass is 9.65. The van der Waals surface area contributed by atoms with Gasteiger partial charge in [0.05, 0.1) is 31.0 Å². The zero-order valence-corrected chi connectivity index (χ0v) is 17.0. The molecule has 1 heterocycles. The minimum absolute atomic E-state index is 0.117. The summed E-state index contributed by atoms with van der Waals surface area (Å²) in [5.74, 6) is 0. The van der Waals surface area contributed by atoms with Crippen molar-refractivity contribution in [2.24, 2.45) is 10.8 Å². The third-order valence-electron chi connectivity index (χ3n) is 5.47. The minimum atomic E-state index is -0.232. The molecule has 1 saturated heterocycles. The zero-order chi connectivity index (χ0) is 18.5. The van der Waals surface area contributed by atoms with Crippen LogP contribution in [0.2, 0.25) is 0 Å². The van der Waals surface area contributed by atoms with E-state index in [9.17, 15) is 0 Å². The highest BCUT2D eigenvalue weighted by Gasteiger charge is 2.49. The molecule has 1 N–H and O–H groups in total. The van der Waals surface area contributed by atoms with Gasteiger partial charge >= 0.3 is 0 Å². The van der Waals surface area contributed by atoms with Crippen molar-refractivity contribution in [3.8, 4) is 0 Å². The number of hydrogen-bond donors (Lipinski definition) is 1. The van der Waals surface area contributed by atoms with E-state index in [-0.39, 0.29) is 28.6 Å². The average molecular weight is 345 g/mol. The van der Waals surface area contributed by atoms with Crippen LogP contribution >= 0.6 is 0 Å². The highest BCUT2D eigenvalue weighted by atomic mass is 16.5. The molecule has 0 atom stereocenters. The van der Waals surface area contributed by atoms with E-state index in [2.05, 4.69) is 34.6 Å². The molecule has 1 rings (SSSR count). The molecular weight excluding hydrogens is 304 g/mol. The van der Waals surface area contributed by atoms with Gasteiger partial charge in [-0.25, -0.2) is 0 Å². The molecule has 0 aromatic heterocycles. The van der Waals surface area contributed by atoms with Crippen molar-refractivity contribution in [2.45, 2.75) is 85.4 Å². The van der Waals surface area contributed by atoms with Crippen LogP contribution in [0.1, 0.15) is 74.1 Å². The van der Waals surface area contributed by atoms with Gasteiger partial charge in [-0.2, -0.15) is 0 Å². The van der Waals surface area contributed by atoms with Crippen LogP contribution in [0, 0.1) is 10.8 Å². The molecule has 0 saturated carbocycles. The molecule has 1 aliphatic rings. The Kier molecular flexibility index (Phi) is 7.73. The molecule has 0 spiro atoms. The summed E-state index contributed by atoms with van der Waals surface area (Å²) >= 11 is 0. The van der Waals surface area contributed by atoms with Crippen molar-refractivity contribution in [3.05, 3.63) is 0 Å². The van der Waals surface area contributed by atoms with Crippen molar-refractivity contribution in [1.29, 1.82) is 0 Å². The van der Waals surface area contributed by atoms with Crippen LogP contribution < -0.4 is 0 Å². The van der Waals surface area contributed by atoms with Crippen molar-refractivity contribution in [3.63, 3.8) is 0 Å². The Labute approximate surface area is 149 Å². The topological polar surface area (TPSA) is 47.9 Å². The Hall–Kier alpha value is -0.160. The van der Waals surface area contributed by atoms with Crippen LogP contribution in [0.4, 0.5) is 0 Å². The highest BCUT2D eigenvalue weighted by molar-refractivity contribution is 4.96. The third kappa shape index (κ3) is 6.62.